The third-order valence-corrected chi connectivity index (χ3v) is 3.90. The molecule has 1 aliphatic rings. The summed E-state index contributed by atoms with van der Waals surface area (Å²) in [6.45, 7) is 5.87. The Morgan fingerprint density at radius 3 is 2.44 bits per heavy atom. The maximum Gasteiger partial charge on any atom is 0.00865 e. The van der Waals surface area contributed by atoms with E-state index in [1.807, 2.05) is 0 Å². The van der Waals surface area contributed by atoms with Crippen molar-refractivity contribution in [3.63, 3.8) is 0 Å². The molecule has 0 heterocycles. The molecule has 0 unspecified atom stereocenters. The molecule has 1 aliphatic carbocycles. The highest BCUT2D eigenvalue weighted by Gasteiger charge is 2.22. The predicted octanol–water partition coefficient (Wildman–Crippen LogP) is 3.59. The van der Waals surface area contributed by atoms with Gasteiger partial charge in [0.15, 0.2) is 0 Å². The van der Waals surface area contributed by atoms with Crippen LogP contribution in [-0.2, 0) is 0 Å². The minimum Gasteiger partial charge on any atom is -0.314 e. The standard InChI is InChI=1S/C15H27N/c1-4-5-6-7-12-16-15-10-8-14(9-11-15)13(2)3/h1,13-16H,5-12H2,2-3H3. The highest BCUT2D eigenvalue weighted by atomic mass is 14.9. The maximum absolute atomic E-state index is 5.23. The lowest BCUT2D eigenvalue weighted by atomic mass is 9.80. The molecule has 0 aromatic heterocycles. The Kier molecular flexibility index (Phi) is 6.57. The lowest BCUT2D eigenvalue weighted by Gasteiger charge is -2.31. The first-order valence-electron chi connectivity index (χ1n) is 6.91. The van der Waals surface area contributed by atoms with E-state index in [0.29, 0.717) is 0 Å². The van der Waals surface area contributed by atoms with E-state index < -0.39 is 0 Å². The van der Waals surface area contributed by atoms with Gasteiger partial charge in [0.25, 0.3) is 0 Å². The third-order valence-electron chi connectivity index (χ3n) is 3.90. The Bertz CT molecular complexity index is 206. The van der Waals surface area contributed by atoms with Crippen molar-refractivity contribution < 1.29 is 0 Å². The van der Waals surface area contributed by atoms with Gasteiger partial charge in [-0.15, -0.1) is 12.3 Å². The van der Waals surface area contributed by atoms with E-state index in [9.17, 15) is 0 Å². The molecule has 0 saturated heterocycles. The van der Waals surface area contributed by atoms with Crippen molar-refractivity contribution in [2.24, 2.45) is 11.8 Å². The number of terminal acetylenes is 1. The Balaban J connectivity index is 2.02. The number of nitrogens with one attached hydrogen (secondary N) is 1. The van der Waals surface area contributed by atoms with E-state index in [-0.39, 0.29) is 0 Å². The van der Waals surface area contributed by atoms with Crippen molar-refractivity contribution >= 4 is 0 Å². The Morgan fingerprint density at radius 1 is 1.19 bits per heavy atom. The van der Waals surface area contributed by atoms with Crippen LogP contribution >= 0.6 is 0 Å². The van der Waals surface area contributed by atoms with Crippen molar-refractivity contribution in [3.8, 4) is 12.3 Å². The minimum absolute atomic E-state index is 0.779. The largest absolute Gasteiger partial charge is 0.314 e. The highest BCUT2D eigenvalue weighted by Crippen LogP contribution is 2.29. The predicted molar refractivity (Wildman–Crippen MR) is 71.3 cm³/mol. The van der Waals surface area contributed by atoms with Crippen LogP contribution in [0, 0.1) is 24.2 Å². The molecule has 1 saturated carbocycles. The molecule has 1 rings (SSSR count). The van der Waals surface area contributed by atoms with E-state index in [1.165, 1.54) is 38.5 Å². The van der Waals surface area contributed by atoms with Gasteiger partial charge >= 0.3 is 0 Å². The molecule has 0 atom stereocenters. The van der Waals surface area contributed by atoms with E-state index in [2.05, 4.69) is 25.1 Å². The summed E-state index contributed by atoms with van der Waals surface area (Å²) in [5.74, 6) is 4.54. The third kappa shape index (κ3) is 5.03. The lowest BCUT2D eigenvalue weighted by Crippen LogP contribution is -2.34. The number of rotatable bonds is 6. The van der Waals surface area contributed by atoms with Crippen LogP contribution in [0.15, 0.2) is 0 Å². The van der Waals surface area contributed by atoms with Crippen molar-refractivity contribution in [1.82, 2.24) is 5.32 Å². The van der Waals surface area contributed by atoms with E-state index >= 15 is 0 Å². The second-order valence-corrected chi connectivity index (χ2v) is 5.47. The number of unbranched alkanes of at least 4 members (excludes halogenated alkanes) is 2. The zero-order valence-corrected chi connectivity index (χ0v) is 11.0. The first-order valence-corrected chi connectivity index (χ1v) is 6.91. The number of hydrogen-bond acceptors (Lipinski definition) is 1. The molecule has 1 heteroatoms. The van der Waals surface area contributed by atoms with Gasteiger partial charge in [-0.05, 0) is 56.9 Å². The van der Waals surface area contributed by atoms with Crippen molar-refractivity contribution in [2.45, 2.75) is 64.8 Å². The van der Waals surface area contributed by atoms with Gasteiger partial charge < -0.3 is 5.32 Å². The molecule has 1 fully saturated rings. The summed E-state index contributed by atoms with van der Waals surface area (Å²) in [7, 11) is 0. The van der Waals surface area contributed by atoms with Gasteiger partial charge in [-0.2, -0.15) is 0 Å². The van der Waals surface area contributed by atoms with Crippen LogP contribution in [0.1, 0.15) is 58.8 Å². The molecule has 0 radical (unpaired) electrons. The Labute approximate surface area is 101 Å². The molecule has 92 valence electrons. The first-order chi connectivity index (χ1) is 7.74. The van der Waals surface area contributed by atoms with Gasteiger partial charge in [0.05, 0.1) is 0 Å². The van der Waals surface area contributed by atoms with Crippen molar-refractivity contribution in [3.05, 3.63) is 0 Å². The van der Waals surface area contributed by atoms with Crippen molar-refractivity contribution in [2.75, 3.05) is 6.54 Å². The lowest BCUT2D eigenvalue weighted by molar-refractivity contribution is 0.238. The van der Waals surface area contributed by atoms with Crippen LogP contribution < -0.4 is 5.32 Å². The molecular formula is C15H27N. The molecule has 0 spiro atoms. The van der Waals surface area contributed by atoms with Crippen LogP contribution in [-0.4, -0.2) is 12.6 Å². The zero-order valence-electron chi connectivity index (χ0n) is 11.0. The van der Waals surface area contributed by atoms with Crippen molar-refractivity contribution in [1.29, 1.82) is 0 Å². The van der Waals surface area contributed by atoms with E-state index in [1.54, 1.807) is 0 Å². The molecule has 0 aromatic rings. The van der Waals surface area contributed by atoms with Crippen LogP contribution in [0.5, 0.6) is 0 Å². The fourth-order valence-electron chi connectivity index (χ4n) is 2.65. The van der Waals surface area contributed by atoms with Gasteiger partial charge in [-0.25, -0.2) is 0 Å². The monoisotopic (exact) mass is 221 g/mol. The molecule has 0 aliphatic heterocycles. The van der Waals surface area contributed by atoms with Crippen LogP contribution in [0.2, 0.25) is 0 Å². The summed E-state index contributed by atoms with van der Waals surface area (Å²) < 4.78 is 0. The fourth-order valence-corrected chi connectivity index (χ4v) is 2.65. The molecule has 16 heavy (non-hydrogen) atoms. The minimum atomic E-state index is 0.779. The summed E-state index contributed by atoms with van der Waals surface area (Å²) in [6.07, 6.45) is 14.1. The average Bonchev–Trinajstić information content (AvgIpc) is 2.29. The van der Waals surface area contributed by atoms with Crippen LogP contribution in [0.3, 0.4) is 0 Å². The summed E-state index contributed by atoms with van der Waals surface area (Å²) in [6, 6.07) is 0.779. The fraction of sp³-hybridized carbons (Fsp3) is 0.867. The molecule has 1 nitrogen and oxygen atoms in total. The van der Waals surface area contributed by atoms with Crippen LogP contribution in [0.4, 0.5) is 0 Å². The molecule has 0 bridgehead atoms. The maximum atomic E-state index is 5.23. The van der Waals surface area contributed by atoms with E-state index in [4.69, 9.17) is 6.42 Å². The average molecular weight is 221 g/mol. The van der Waals surface area contributed by atoms with Gasteiger partial charge in [0, 0.05) is 12.5 Å². The molecule has 1 N–H and O–H groups in total. The topological polar surface area (TPSA) is 12.0 Å². The smallest absolute Gasteiger partial charge is 0.00865 e. The Morgan fingerprint density at radius 2 is 1.88 bits per heavy atom. The van der Waals surface area contributed by atoms with Gasteiger partial charge in [-0.1, -0.05) is 13.8 Å². The number of hydrogen-bond donors (Lipinski definition) is 1. The van der Waals surface area contributed by atoms with Crippen LogP contribution in [0.25, 0.3) is 0 Å². The quantitative estimate of drug-likeness (QED) is 0.534. The highest BCUT2D eigenvalue weighted by molar-refractivity contribution is 4.83. The summed E-state index contributed by atoms with van der Waals surface area (Å²) >= 11 is 0. The second-order valence-electron chi connectivity index (χ2n) is 5.47. The Hall–Kier alpha value is -0.480. The first kappa shape index (κ1) is 13.6. The van der Waals surface area contributed by atoms with Gasteiger partial charge in [0.1, 0.15) is 0 Å². The van der Waals surface area contributed by atoms with Gasteiger partial charge in [0.2, 0.25) is 0 Å². The van der Waals surface area contributed by atoms with Gasteiger partial charge in [-0.3, -0.25) is 0 Å². The summed E-state index contributed by atoms with van der Waals surface area (Å²) in [5.41, 5.74) is 0. The zero-order chi connectivity index (χ0) is 11.8. The second kappa shape index (κ2) is 7.74. The summed E-state index contributed by atoms with van der Waals surface area (Å²) in [4.78, 5) is 0. The summed E-state index contributed by atoms with van der Waals surface area (Å²) in [5, 5.41) is 3.67. The molecule has 0 amide bonds. The molecule has 0 aromatic carbocycles. The normalized spacial score (nSPS) is 25.6. The SMILES string of the molecule is C#CCCCCNC1CCC(C(C)C)CC1. The van der Waals surface area contributed by atoms with E-state index in [0.717, 1.165) is 30.8 Å². The molecular weight excluding hydrogens is 194 g/mol.